The van der Waals surface area contributed by atoms with Gasteiger partial charge in [-0.25, -0.2) is 9.49 Å². The summed E-state index contributed by atoms with van der Waals surface area (Å²) in [6.07, 6.45) is 0. The lowest BCUT2D eigenvalue weighted by molar-refractivity contribution is -0.118. The molecule has 0 radical (unpaired) electrons. The maximum atomic E-state index is 13.5. The summed E-state index contributed by atoms with van der Waals surface area (Å²) < 4.78 is 16.7. The van der Waals surface area contributed by atoms with Crippen molar-refractivity contribution in [2.24, 2.45) is 0 Å². The van der Waals surface area contributed by atoms with Crippen LogP contribution in [-0.2, 0) is 11.3 Å². The molecular formula is C13H12FN5O2S. The summed E-state index contributed by atoms with van der Waals surface area (Å²) in [5, 5.41) is 9.48. The van der Waals surface area contributed by atoms with Gasteiger partial charge in [0.1, 0.15) is 5.82 Å². The lowest BCUT2D eigenvalue weighted by atomic mass is 10.2. The molecule has 0 saturated carbocycles. The second-order valence-electron chi connectivity index (χ2n) is 4.77. The predicted octanol–water partition coefficient (Wildman–Crippen LogP) is 0.982. The van der Waals surface area contributed by atoms with Crippen molar-refractivity contribution in [3.8, 4) is 0 Å². The fourth-order valence-electron chi connectivity index (χ4n) is 2.34. The van der Waals surface area contributed by atoms with Crippen molar-refractivity contribution in [1.29, 1.82) is 0 Å². The summed E-state index contributed by atoms with van der Waals surface area (Å²) in [4.78, 5) is 23.5. The van der Waals surface area contributed by atoms with Gasteiger partial charge in [-0.3, -0.25) is 18.6 Å². The van der Waals surface area contributed by atoms with Crippen LogP contribution in [0.1, 0.15) is 6.92 Å². The number of rotatable bonds is 3. The van der Waals surface area contributed by atoms with Crippen LogP contribution in [0.25, 0.3) is 16.7 Å². The third kappa shape index (κ3) is 2.29. The van der Waals surface area contributed by atoms with Gasteiger partial charge >= 0.3 is 0 Å². The van der Waals surface area contributed by atoms with Crippen LogP contribution >= 0.6 is 12.2 Å². The molecule has 1 aromatic carbocycles. The van der Waals surface area contributed by atoms with Crippen molar-refractivity contribution in [2.45, 2.75) is 13.5 Å². The van der Waals surface area contributed by atoms with Gasteiger partial charge in [0, 0.05) is 20.0 Å². The Morgan fingerprint density at radius 3 is 3.00 bits per heavy atom. The molecule has 0 saturated heterocycles. The predicted molar refractivity (Wildman–Crippen MR) is 80.8 cm³/mol. The highest BCUT2D eigenvalue weighted by Gasteiger charge is 2.13. The minimum absolute atomic E-state index is 0.199. The highest BCUT2D eigenvalue weighted by Crippen LogP contribution is 2.14. The molecule has 2 heterocycles. The number of hydrogen-bond acceptors (Lipinski definition) is 4. The van der Waals surface area contributed by atoms with E-state index in [2.05, 4.69) is 15.5 Å². The highest BCUT2D eigenvalue weighted by molar-refractivity contribution is 7.71. The summed E-state index contributed by atoms with van der Waals surface area (Å²) in [5.41, 5.74) is 0.0947. The number of benzene rings is 1. The quantitative estimate of drug-likeness (QED) is 0.705. The van der Waals surface area contributed by atoms with Crippen LogP contribution in [0.4, 0.5) is 4.39 Å². The number of aromatic nitrogens is 4. The van der Waals surface area contributed by atoms with Crippen molar-refractivity contribution < 1.29 is 9.18 Å². The van der Waals surface area contributed by atoms with Crippen molar-refractivity contribution in [2.75, 3.05) is 6.54 Å². The van der Waals surface area contributed by atoms with Gasteiger partial charge in [-0.05, 0) is 30.4 Å². The van der Waals surface area contributed by atoms with Crippen molar-refractivity contribution in [3.63, 3.8) is 0 Å². The Kier molecular flexibility index (Phi) is 3.49. The van der Waals surface area contributed by atoms with Crippen LogP contribution in [0.5, 0.6) is 0 Å². The van der Waals surface area contributed by atoms with Crippen LogP contribution < -0.4 is 10.9 Å². The molecule has 2 N–H and O–H groups in total. The molecule has 2 aromatic heterocycles. The van der Waals surface area contributed by atoms with Gasteiger partial charge in [0.2, 0.25) is 16.5 Å². The molecule has 0 aliphatic carbocycles. The topological polar surface area (TPSA) is 84.2 Å². The number of H-pyrrole nitrogens is 1. The van der Waals surface area contributed by atoms with Crippen molar-refractivity contribution in [1.82, 2.24) is 24.5 Å². The number of amides is 1. The lowest BCUT2D eigenvalue weighted by Crippen LogP contribution is -2.30. The van der Waals surface area contributed by atoms with Crippen LogP contribution in [0, 0.1) is 10.6 Å². The monoisotopic (exact) mass is 321 g/mol. The molecule has 0 spiro atoms. The molecule has 0 atom stereocenters. The first-order valence-corrected chi connectivity index (χ1v) is 6.93. The summed E-state index contributed by atoms with van der Waals surface area (Å²) in [7, 11) is 0. The second kappa shape index (κ2) is 5.34. The summed E-state index contributed by atoms with van der Waals surface area (Å²) in [6.45, 7) is 1.85. The second-order valence-corrected chi connectivity index (χ2v) is 5.15. The van der Waals surface area contributed by atoms with Gasteiger partial charge in [-0.2, -0.15) is 0 Å². The summed E-state index contributed by atoms with van der Waals surface area (Å²) in [6, 6.07) is 3.92. The molecule has 3 aromatic rings. The number of aromatic amines is 1. The van der Waals surface area contributed by atoms with Crippen LogP contribution in [0.2, 0.25) is 0 Å². The average molecular weight is 321 g/mol. The molecule has 0 bridgehead atoms. The van der Waals surface area contributed by atoms with E-state index in [0.29, 0.717) is 16.1 Å². The van der Waals surface area contributed by atoms with Gasteiger partial charge in [0.25, 0.3) is 5.56 Å². The highest BCUT2D eigenvalue weighted by atomic mass is 32.1. The van der Waals surface area contributed by atoms with E-state index in [1.165, 1.54) is 29.7 Å². The van der Waals surface area contributed by atoms with E-state index in [-0.39, 0.29) is 29.9 Å². The number of carbonyl (C=O) groups is 1. The van der Waals surface area contributed by atoms with Crippen LogP contribution in [-0.4, -0.2) is 31.6 Å². The number of carbonyl (C=O) groups excluding carboxylic acids is 1. The number of nitrogens with one attached hydrogen (secondary N) is 2. The number of nitrogens with zero attached hydrogens (tertiary/aromatic N) is 3. The minimum Gasteiger partial charge on any atom is -0.355 e. The number of halogens is 1. The molecule has 0 aliphatic heterocycles. The van der Waals surface area contributed by atoms with E-state index in [1.807, 2.05) is 0 Å². The van der Waals surface area contributed by atoms with Crippen LogP contribution in [0.3, 0.4) is 0 Å². The fraction of sp³-hybridized carbons (Fsp3) is 0.231. The Balaban J connectivity index is 2.29. The standard InChI is InChI=1S/C13H12FN5O2S/c1-7(20)15-4-5-18-11(21)9-6-8(14)2-3-10(9)19-12(18)16-17-13(19)22/h2-3,6H,4-5H2,1H3,(H,15,20)(H,17,22). The largest absolute Gasteiger partial charge is 0.355 e. The zero-order valence-corrected chi connectivity index (χ0v) is 12.4. The van der Waals surface area contributed by atoms with Crippen molar-refractivity contribution >= 4 is 34.8 Å². The minimum atomic E-state index is -0.507. The zero-order valence-electron chi connectivity index (χ0n) is 11.6. The molecule has 0 unspecified atom stereocenters. The SMILES string of the molecule is CC(=O)NCCn1c(=O)c2cc(F)ccc2n2c(=S)[nH]nc12. The smallest absolute Gasteiger partial charge is 0.262 e. The third-order valence-electron chi connectivity index (χ3n) is 3.28. The molecule has 7 nitrogen and oxygen atoms in total. The van der Waals surface area contributed by atoms with E-state index in [4.69, 9.17) is 12.2 Å². The fourth-order valence-corrected chi connectivity index (χ4v) is 2.57. The number of fused-ring (bicyclic) bond motifs is 3. The lowest BCUT2D eigenvalue weighted by Gasteiger charge is -2.10. The van der Waals surface area contributed by atoms with Gasteiger partial charge < -0.3 is 5.32 Å². The molecule has 9 heteroatoms. The zero-order chi connectivity index (χ0) is 15.9. The van der Waals surface area contributed by atoms with E-state index >= 15 is 0 Å². The van der Waals surface area contributed by atoms with Gasteiger partial charge in [-0.15, -0.1) is 5.10 Å². The first-order chi connectivity index (χ1) is 10.5. The Hall–Kier alpha value is -2.55. The molecule has 0 fully saturated rings. The Morgan fingerprint density at radius 1 is 1.50 bits per heavy atom. The van der Waals surface area contributed by atoms with E-state index < -0.39 is 5.82 Å². The Labute approximate surface area is 128 Å². The number of hydrogen-bond donors (Lipinski definition) is 2. The molecule has 114 valence electrons. The van der Waals surface area contributed by atoms with Gasteiger partial charge in [0.05, 0.1) is 10.9 Å². The van der Waals surface area contributed by atoms with Gasteiger partial charge in [-0.1, -0.05) is 0 Å². The Morgan fingerprint density at radius 2 is 2.27 bits per heavy atom. The molecule has 0 aliphatic rings. The molecule has 22 heavy (non-hydrogen) atoms. The van der Waals surface area contributed by atoms with E-state index in [1.54, 1.807) is 4.40 Å². The summed E-state index contributed by atoms with van der Waals surface area (Å²) in [5.74, 6) is -0.387. The van der Waals surface area contributed by atoms with E-state index in [0.717, 1.165) is 0 Å². The third-order valence-corrected chi connectivity index (χ3v) is 3.55. The Bertz CT molecular complexity index is 1000. The average Bonchev–Trinajstić information content (AvgIpc) is 2.84. The molecule has 3 rings (SSSR count). The normalized spacial score (nSPS) is 11.2. The first-order valence-electron chi connectivity index (χ1n) is 6.52. The maximum Gasteiger partial charge on any atom is 0.262 e. The molecule has 1 amide bonds. The maximum absolute atomic E-state index is 13.5. The van der Waals surface area contributed by atoms with Crippen LogP contribution in [0.15, 0.2) is 23.0 Å². The summed E-state index contributed by atoms with van der Waals surface area (Å²) >= 11 is 5.17. The molecular weight excluding hydrogens is 309 g/mol. The van der Waals surface area contributed by atoms with Crippen molar-refractivity contribution in [3.05, 3.63) is 39.1 Å². The van der Waals surface area contributed by atoms with Gasteiger partial charge in [0.15, 0.2) is 0 Å². The van der Waals surface area contributed by atoms with E-state index in [9.17, 15) is 14.0 Å². The first kappa shape index (κ1) is 14.4.